The number of ether oxygens (including phenoxy) is 1. The normalized spacial score (nSPS) is 14.1. The molecule has 1 aromatic carbocycles. The van der Waals surface area contributed by atoms with Crippen LogP contribution in [0.15, 0.2) is 16.9 Å². The van der Waals surface area contributed by atoms with Crippen LogP contribution in [-0.4, -0.2) is 21.5 Å². The molecule has 1 aliphatic rings. The highest BCUT2D eigenvalue weighted by atomic mass is 35.5. The van der Waals surface area contributed by atoms with Gasteiger partial charge in [0.05, 0.1) is 23.2 Å². The molecule has 0 radical (unpaired) electrons. The van der Waals surface area contributed by atoms with Crippen LogP contribution < -0.4 is 10.3 Å². The third-order valence-corrected chi connectivity index (χ3v) is 4.31. The van der Waals surface area contributed by atoms with Gasteiger partial charge in [-0.15, -0.1) is 0 Å². The fourth-order valence-electron chi connectivity index (χ4n) is 2.69. The molecule has 0 aliphatic heterocycles. The van der Waals surface area contributed by atoms with E-state index in [0.29, 0.717) is 28.6 Å². The van der Waals surface area contributed by atoms with Gasteiger partial charge in [-0.2, -0.15) is 5.10 Å². The number of halogens is 1. The molecule has 0 bridgehead atoms. The van der Waals surface area contributed by atoms with Crippen molar-refractivity contribution >= 4 is 11.6 Å². The quantitative estimate of drug-likeness (QED) is 0.927. The van der Waals surface area contributed by atoms with Crippen molar-refractivity contribution in [2.45, 2.75) is 39.7 Å². The Morgan fingerprint density at radius 2 is 2.04 bits per heavy atom. The number of aryl methyl sites for hydroxylation is 2. The van der Waals surface area contributed by atoms with Gasteiger partial charge in [-0.25, -0.2) is 4.68 Å². The molecule has 0 atom stereocenters. The minimum absolute atomic E-state index is 0.113. The van der Waals surface area contributed by atoms with E-state index in [-0.39, 0.29) is 22.9 Å². The zero-order chi connectivity index (χ0) is 16.7. The van der Waals surface area contributed by atoms with Crippen molar-refractivity contribution in [1.82, 2.24) is 9.78 Å². The Kier molecular flexibility index (Phi) is 4.06. The van der Waals surface area contributed by atoms with Crippen LogP contribution in [0.25, 0.3) is 11.1 Å². The highest BCUT2D eigenvalue weighted by Gasteiger charge is 2.30. The molecule has 6 heteroatoms. The van der Waals surface area contributed by atoms with E-state index < -0.39 is 0 Å². The maximum Gasteiger partial charge on any atom is 0.278 e. The molecule has 1 heterocycles. The molecule has 1 aliphatic carbocycles. The number of hydrogen-bond acceptors (Lipinski definition) is 4. The van der Waals surface area contributed by atoms with Crippen LogP contribution in [0.4, 0.5) is 0 Å². The Hall–Kier alpha value is -2.01. The summed E-state index contributed by atoms with van der Waals surface area (Å²) in [7, 11) is 0. The monoisotopic (exact) mass is 334 g/mol. The first kappa shape index (κ1) is 15.9. The van der Waals surface area contributed by atoms with Gasteiger partial charge in [-0.3, -0.25) is 4.79 Å². The number of benzene rings is 1. The predicted molar refractivity (Wildman–Crippen MR) is 89.5 cm³/mol. The molecular weight excluding hydrogens is 316 g/mol. The van der Waals surface area contributed by atoms with Crippen LogP contribution in [0, 0.1) is 13.8 Å². The van der Waals surface area contributed by atoms with Gasteiger partial charge in [0, 0.05) is 5.56 Å². The number of aromatic nitrogens is 2. The summed E-state index contributed by atoms with van der Waals surface area (Å²) in [6, 6.07) is 3.67. The molecule has 0 amide bonds. The SMILES string of the molecule is CCOc1c(Cl)ccc(C)c1-c1c(O)c(C)nn(C2CC2)c1=O. The lowest BCUT2D eigenvalue weighted by atomic mass is 9.99. The highest BCUT2D eigenvalue weighted by Crippen LogP contribution is 2.42. The fraction of sp³-hybridized carbons (Fsp3) is 0.412. The Labute approximate surface area is 139 Å². The van der Waals surface area contributed by atoms with Crippen LogP contribution in [0.2, 0.25) is 5.02 Å². The van der Waals surface area contributed by atoms with Gasteiger partial charge in [-0.05, 0) is 45.2 Å². The third-order valence-electron chi connectivity index (χ3n) is 4.01. The molecule has 1 aromatic heterocycles. The van der Waals surface area contributed by atoms with E-state index in [1.807, 2.05) is 19.9 Å². The van der Waals surface area contributed by atoms with E-state index in [0.717, 1.165) is 18.4 Å². The topological polar surface area (TPSA) is 64.3 Å². The minimum atomic E-state index is -0.304. The van der Waals surface area contributed by atoms with Crippen molar-refractivity contribution < 1.29 is 9.84 Å². The van der Waals surface area contributed by atoms with Crippen molar-refractivity contribution in [1.29, 1.82) is 0 Å². The Morgan fingerprint density at radius 1 is 1.35 bits per heavy atom. The van der Waals surface area contributed by atoms with Gasteiger partial charge < -0.3 is 9.84 Å². The van der Waals surface area contributed by atoms with Gasteiger partial charge in [0.2, 0.25) is 0 Å². The molecule has 0 spiro atoms. The Balaban J connectivity index is 2.35. The summed E-state index contributed by atoms with van der Waals surface area (Å²) in [5.41, 5.74) is 1.70. The van der Waals surface area contributed by atoms with Crippen LogP contribution in [0.1, 0.15) is 37.1 Å². The van der Waals surface area contributed by atoms with Crippen LogP contribution in [0.3, 0.4) is 0 Å². The number of rotatable bonds is 4. The molecule has 1 saturated carbocycles. The first-order chi connectivity index (χ1) is 11.0. The largest absolute Gasteiger partial charge is 0.505 e. The third kappa shape index (κ3) is 2.70. The van der Waals surface area contributed by atoms with E-state index in [1.54, 1.807) is 13.0 Å². The summed E-state index contributed by atoms with van der Waals surface area (Å²) in [4.78, 5) is 12.9. The zero-order valence-electron chi connectivity index (χ0n) is 13.4. The predicted octanol–water partition coefficient (Wildman–Crippen LogP) is 3.62. The second-order valence-electron chi connectivity index (χ2n) is 5.79. The number of aromatic hydroxyl groups is 1. The van der Waals surface area contributed by atoms with E-state index in [9.17, 15) is 9.90 Å². The van der Waals surface area contributed by atoms with Crippen LogP contribution in [-0.2, 0) is 0 Å². The summed E-state index contributed by atoms with van der Waals surface area (Å²) < 4.78 is 7.13. The number of nitrogens with zero attached hydrogens (tertiary/aromatic N) is 2. The number of hydrogen-bond donors (Lipinski definition) is 1. The van der Waals surface area contributed by atoms with E-state index in [4.69, 9.17) is 16.3 Å². The van der Waals surface area contributed by atoms with Crippen molar-refractivity contribution in [2.24, 2.45) is 0 Å². The van der Waals surface area contributed by atoms with Gasteiger partial charge in [0.25, 0.3) is 5.56 Å². The highest BCUT2D eigenvalue weighted by molar-refractivity contribution is 6.32. The van der Waals surface area contributed by atoms with Crippen LogP contribution >= 0.6 is 11.6 Å². The second kappa shape index (κ2) is 5.89. The van der Waals surface area contributed by atoms with Gasteiger partial charge in [0.15, 0.2) is 5.75 Å². The van der Waals surface area contributed by atoms with E-state index in [1.165, 1.54) is 4.68 Å². The zero-order valence-corrected chi connectivity index (χ0v) is 14.1. The summed E-state index contributed by atoms with van der Waals surface area (Å²) in [6.45, 7) is 5.82. The average Bonchev–Trinajstić information content (AvgIpc) is 3.34. The fourth-order valence-corrected chi connectivity index (χ4v) is 2.91. The Bertz CT molecular complexity index is 826. The van der Waals surface area contributed by atoms with Crippen molar-refractivity contribution in [3.05, 3.63) is 38.8 Å². The van der Waals surface area contributed by atoms with E-state index in [2.05, 4.69) is 5.10 Å². The first-order valence-electron chi connectivity index (χ1n) is 7.70. The minimum Gasteiger partial charge on any atom is -0.505 e. The first-order valence-corrected chi connectivity index (χ1v) is 8.08. The van der Waals surface area contributed by atoms with Gasteiger partial charge >= 0.3 is 0 Å². The standard InChI is InChI=1S/C17H19ClN2O3/c1-4-23-16-12(18)8-5-9(2)13(16)14-15(21)10(3)19-20(17(14)22)11-6-7-11/h5,8,11,21H,4,6-7H2,1-3H3. The lowest BCUT2D eigenvalue weighted by Crippen LogP contribution is -2.25. The smallest absolute Gasteiger partial charge is 0.278 e. The Morgan fingerprint density at radius 3 is 2.65 bits per heavy atom. The van der Waals surface area contributed by atoms with E-state index >= 15 is 0 Å². The van der Waals surface area contributed by atoms with Gasteiger partial charge in [0.1, 0.15) is 11.4 Å². The van der Waals surface area contributed by atoms with Gasteiger partial charge in [-0.1, -0.05) is 17.7 Å². The summed E-state index contributed by atoms with van der Waals surface area (Å²) in [6.07, 6.45) is 1.87. The molecule has 122 valence electrons. The molecule has 2 aromatic rings. The summed E-state index contributed by atoms with van der Waals surface area (Å²) in [5, 5.41) is 15.1. The second-order valence-corrected chi connectivity index (χ2v) is 6.20. The molecular formula is C17H19ClN2O3. The molecule has 23 heavy (non-hydrogen) atoms. The lowest BCUT2D eigenvalue weighted by Gasteiger charge is -2.17. The summed E-state index contributed by atoms with van der Waals surface area (Å²) in [5.74, 6) is 0.313. The maximum absolute atomic E-state index is 12.9. The lowest BCUT2D eigenvalue weighted by molar-refractivity contribution is 0.341. The molecule has 5 nitrogen and oxygen atoms in total. The van der Waals surface area contributed by atoms with Crippen molar-refractivity contribution in [2.75, 3.05) is 6.61 Å². The molecule has 1 N–H and O–H groups in total. The van der Waals surface area contributed by atoms with Crippen LogP contribution in [0.5, 0.6) is 11.5 Å². The molecule has 1 fully saturated rings. The summed E-state index contributed by atoms with van der Waals surface area (Å²) >= 11 is 6.26. The molecule has 0 saturated heterocycles. The van der Waals surface area contributed by atoms with Crippen molar-refractivity contribution in [3.63, 3.8) is 0 Å². The molecule has 0 unspecified atom stereocenters. The van der Waals surface area contributed by atoms with Crippen molar-refractivity contribution in [3.8, 4) is 22.6 Å². The molecule has 3 rings (SSSR count). The average molecular weight is 335 g/mol. The maximum atomic E-state index is 12.9.